The molecule has 1 aromatic carbocycles. The molecule has 0 spiro atoms. The minimum Gasteiger partial charge on any atom is -0.459 e. The van der Waals surface area contributed by atoms with Crippen LogP contribution in [0.4, 0.5) is 0 Å². The van der Waals surface area contributed by atoms with Gasteiger partial charge in [0.1, 0.15) is 24.3 Å². The van der Waals surface area contributed by atoms with Gasteiger partial charge >= 0.3 is 11.9 Å². The molecule has 0 unspecified atom stereocenters. The van der Waals surface area contributed by atoms with Crippen molar-refractivity contribution in [2.24, 2.45) is 0 Å². The Morgan fingerprint density at radius 1 is 1.32 bits per heavy atom. The molecule has 2 aromatic heterocycles. The number of benzene rings is 1. The van der Waals surface area contributed by atoms with E-state index in [0.29, 0.717) is 5.56 Å². The first-order chi connectivity index (χ1) is 15.0. The number of carbonyl (C=O) groups excluding carboxylic acids is 2. The zero-order chi connectivity index (χ0) is 22.0. The van der Waals surface area contributed by atoms with Crippen LogP contribution in [-0.2, 0) is 19.0 Å². The maximum absolute atomic E-state index is 12.2. The first-order valence-corrected chi connectivity index (χ1v) is 9.69. The van der Waals surface area contributed by atoms with Crippen LogP contribution in [-0.4, -0.2) is 50.3 Å². The molecule has 0 bridgehead atoms. The summed E-state index contributed by atoms with van der Waals surface area (Å²) in [5.41, 5.74) is 0.968. The number of carbonyl (C=O) groups is 2. The van der Waals surface area contributed by atoms with Crippen LogP contribution in [0.2, 0.25) is 5.15 Å². The first-order valence-electron chi connectivity index (χ1n) is 9.31. The Bertz CT molecular complexity index is 1180. The highest BCUT2D eigenvalue weighted by Crippen LogP contribution is 2.34. The highest BCUT2D eigenvalue weighted by atomic mass is 35.5. The number of nitriles is 1. The predicted molar refractivity (Wildman–Crippen MR) is 106 cm³/mol. The average molecular weight is 442 g/mol. The van der Waals surface area contributed by atoms with E-state index in [0.717, 1.165) is 0 Å². The fourth-order valence-electron chi connectivity index (χ4n) is 3.33. The van der Waals surface area contributed by atoms with Crippen molar-refractivity contribution in [3.8, 4) is 6.07 Å². The Morgan fingerprint density at radius 3 is 2.81 bits per heavy atom. The van der Waals surface area contributed by atoms with Gasteiger partial charge in [-0.1, -0.05) is 29.8 Å². The van der Waals surface area contributed by atoms with Gasteiger partial charge in [0.05, 0.1) is 18.0 Å². The summed E-state index contributed by atoms with van der Waals surface area (Å²) in [5, 5.41) is 9.16. The van der Waals surface area contributed by atoms with E-state index in [-0.39, 0.29) is 35.2 Å². The second kappa shape index (κ2) is 8.67. The topological polar surface area (TPSA) is 129 Å². The summed E-state index contributed by atoms with van der Waals surface area (Å²) in [5.74, 6) is -1.10. The molecule has 0 saturated carbocycles. The lowest BCUT2D eigenvalue weighted by Crippen LogP contribution is -2.24. The highest BCUT2D eigenvalue weighted by Gasteiger charge is 2.40. The van der Waals surface area contributed by atoms with Crippen LogP contribution >= 0.6 is 11.6 Å². The van der Waals surface area contributed by atoms with Gasteiger partial charge < -0.3 is 14.2 Å². The molecular weight excluding hydrogens is 426 g/mol. The lowest BCUT2D eigenvalue weighted by molar-refractivity contribution is -0.152. The fourth-order valence-corrected chi connectivity index (χ4v) is 3.55. The van der Waals surface area contributed by atoms with Crippen molar-refractivity contribution in [3.63, 3.8) is 0 Å². The van der Waals surface area contributed by atoms with Gasteiger partial charge in [-0.05, 0) is 12.1 Å². The average Bonchev–Trinajstić information content (AvgIpc) is 3.36. The third-order valence-electron chi connectivity index (χ3n) is 4.63. The van der Waals surface area contributed by atoms with Crippen LogP contribution in [0.25, 0.3) is 11.2 Å². The fraction of sp³-hybridized carbons (Fsp3) is 0.300. The van der Waals surface area contributed by atoms with E-state index >= 15 is 0 Å². The number of imidazole rings is 1. The number of nitrogens with zero attached hydrogens (tertiary/aromatic N) is 5. The normalized spacial score (nSPS) is 20.4. The van der Waals surface area contributed by atoms with Crippen LogP contribution in [0.3, 0.4) is 0 Å². The van der Waals surface area contributed by atoms with Crippen LogP contribution in [0.1, 0.15) is 35.8 Å². The van der Waals surface area contributed by atoms with Crippen molar-refractivity contribution in [3.05, 3.63) is 53.2 Å². The van der Waals surface area contributed by atoms with Crippen LogP contribution in [0.15, 0.2) is 36.7 Å². The quantitative estimate of drug-likeness (QED) is 0.432. The minimum atomic E-state index is -0.799. The molecule has 0 radical (unpaired) electrons. The molecule has 3 heterocycles. The zero-order valence-electron chi connectivity index (χ0n) is 16.3. The molecule has 1 fully saturated rings. The van der Waals surface area contributed by atoms with Crippen molar-refractivity contribution in [1.29, 1.82) is 5.26 Å². The molecule has 0 N–H and O–H groups in total. The second-order valence-corrected chi connectivity index (χ2v) is 7.13. The molecule has 3 aromatic rings. The molecule has 0 amide bonds. The second-order valence-electron chi connectivity index (χ2n) is 6.77. The first kappa shape index (κ1) is 20.7. The van der Waals surface area contributed by atoms with Gasteiger partial charge in [-0.15, -0.1) is 0 Å². The lowest BCUT2D eigenvalue weighted by Gasteiger charge is -2.20. The number of fused-ring (bicyclic) bond motifs is 1. The summed E-state index contributed by atoms with van der Waals surface area (Å²) in [6.07, 6.45) is -0.310. The number of hydrogen-bond acceptors (Lipinski definition) is 9. The molecule has 4 rings (SSSR count). The number of aromatic nitrogens is 4. The summed E-state index contributed by atoms with van der Waals surface area (Å²) in [6.45, 7) is 1.26. The summed E-state index contributed by atoms with van der Waals surface area (Å²) in [4.78, 5) is 36.0. The molecule has 158 valence electrons. The van der Waals surface area contributed by atoms with E-state index in [4.69, 9.17) is 31.1 Å². The number of hydrogen-bond donors (Lipinski definition) is 0. The molecule has 1 aliphatic rings. The standard InChI is InChI=1S/C20H16ClN5O5/c1-11(27)30-14-7-13(9-29-20(28)12-5-3-2-4-6-12)31-19(14)26-10-23-16-17(21)24-15(8-22)25-18(16)26/h2-6,10,13-14,19H,7,9H2,1H3/t13-,14+,19+/m0/s1. The van der Waals surface area contributed by atoms with Gasteiger partial charge in [-0.3, -0.25) is 9.36 Å². The number of esters is 2. The molecule has 11 heteroatoms. The van der Waals surface area contributed by atoms with Crippen molar-refractivity contribution < 1.29 is 23.8 Å². The SMILES string of the molecule is CC(=O)O[C@@H]1C[C@@H](COC(=O)c2ccccc2)O[C@H]1n1cnc2c(Cl)nc(C#N)nc21. The third kappa shape index (κ3) is 4.33. The zero-order valence-corrected chi connectivity index (χ0v) is 17.0. The number of rotatable bonds is 5. The lowest BCUT2D eigenvalue weighted by atomic mass is 10.2. The monoisotopic (exact) mass is 441 g/mol. The van der Waals surface area contributed by atoms with Crippen molar-refractivity contribution >= 4 is 34.7 Å². The number of ether oxygens (including phenoxy) is 3. The Balaban J connectivity index is 1.56. The number of halogens is 1. The maximum atomic E-state index is 12.2. The van der Waals surface area contributed by atoms with Gasteiger partial charge in [0.2, 0.25) is 5.82 Å². The van der Waals surface area contributed by atoms with Crippen molar-refractivity contribution in [2.75, 3.05) is 6.61 Å². The minimum absolute atomic E-state index is 0.0238. The largest absolute Gasteiger partial charge is 0.459 e. The Kier molecular flexibility index (Phi) is 5.79. The van der Waals surface area contributed by atoms with E-state index in [1.54, 1.807) is 30.3 Å². The van der Waals surface area contributed by atoms with Crippen LogP contribution in [0, 0.1) is 11.3 Å². The van der Waals surface area contributed by atoms with Gasteiger partial charge in [-0.25, -0.2) is 14.8 Å². The summed E-state index contributed by atoms with van der Waals surface area (Å²) in [6, 6.07) is 10.4. The van der Waals surface area contributed by atoms with E-state index in [1.807, 2.05) is 6.07 Å². The molecule has 31 heavy (non-hydrogen) atoms. The molecule has 1 aliphatic heterocycles. The molecule has 10 nitrogen and oxygen atoms in total. The summed E-state index contributed by atoms with van der Waals surface area (Å²) >= 11 is 6.09. The van der Waals surface area contributed by atoms with Crippen molar-refractivity contribution in [1.82, 2.24) is 19.5 Å². The summed E-state index contributed by atoms with van der Waals surface area (Å²) < 4.78 is 18.3. The highest BCUT2D eigenvalue weighted by molar-refractivity contribution is 6.33. The van der Waals surface area contributed by atoms with Crippen molar-refractivity contribution in [2.45, 2.75) is 31.8 Å². The smallest absolute Gasteiger partial charge is 0.338 e. The Hall–Kier alpha value is -3.55. The maximum Gasteiger partial charge on any atom is 0.338 e. The van der Waals surface area contributed by atoms with E-state index in [9.17, 15) is 9.59 Å². The molecular formula is C20H16ClN5O5. The van der Waals surface area contributed by atoms with E-state index in [2.05, 4.69) is 15.0 Å². The molecule has 0 aliphatic carbocycles. The molecule has 1 saturated heterocycles. The Morgan fingerprint density at radius 2 is 2.10 bits per heavy atom. The van der Waals surface area contributed by atoms with Gasteiger partial charge in [0.25, 0.3) is 0 Å². The predicted octanol–water partition coefficient (Wildman–Crippen LogP) is 2.43. The summed E-state index contributed by atoms with van der Waals surface area (Å²) in [7, 11) is 0. The van der Waals surface area contributed by atoms with E-state index < -0.39 is 30.4 Å². The van der Waals surface area contributed by atoms with Gasteiger partial charge in [0.15, 0.2) is 17.0 Å². The van der Waals surface area contributed by atoms with Gasteiger partial charge in [-0.2, -0.15) is 10.2 Å². The van der Waals surface area contributed by atoms with Crippen LogP contribution in [0.5, 0.6) is 0 Å². The Labute approximate surface area is 181 Å². The molecule has 3 atom stereocenters. The van der Waals surface area contributed by atoms with E-state index in [1.165, 1.54) is 17.8 Å². The third-order valence-corrected chi connectivity index (χ3v) is 4.89. The van der Waals surface area contributed by atoms with Crippen LogP contribution < -0.4 is 0 Å². The van der Waals surface area contributed by atoms with Gasteiger partial charge in [0, 0.05) is 13.3 Å².